The Morgan fingerprint density at radius 2 is 2.05 bits per heavy atom. The minimum absolute atomic E-state index is 0.162. The van der Waals surface area contributed by atoms with Crippen molar-refractivity contribution >= 4 is 23.8 Å². The van der Waals surface area contributed by atoms with Gasteiger partial charge in [0.1, 0.15) is 0 Å². The second-order valence-corrected chi connectivity index (χ2v) is 6.80. The van der Waals surface area contributed by atoms with Gasteiger partial charge in [-0.25, -0.2) is 4.79 Å². The molecule has 0 spiro atoms. The molecule has 2 saturated heterocycles. The molecule has 2 aliphatic rings. The van der Waals surface area contributed by atoms with Crippen LogP contribution in [0, 0.1) is 5.41 Å². The van der Waals surface area contributed by atoms with Crippen LogP contribution in [0.3, 0.4) is 0 Å². The summed E-state index contributed by atoms with van der Waals surface area (Å²) in [6, 6.07) is -0.274. The van der Waals surface area contributed by atoms with E-state index in [4.69, 9.17) is 4.74 Å². The number of carboxylic acids is 1. The molecule has 0 radical (unpaired) electrons. The van der Waals surface area contributed by atoms with E-state index < -0.39 is 11.4 Å². The molecule has 2 fully saturated rings. The number of carbonyl (C=O) groups is 2. The summed E-state index contributed by atoms with van der Waals surface area (Å²) in [6.45, 7) is 1.69. The second-order valence-electron chi connectivity index (χ2n) is 5.40. The third kappa shape index (κ3) is 4.02. The van der Waals surface area contributed by atoms with Crippen molar-refractivity contribution in [2.75, 3.05) is 32.1 Å². The van der Waals surface area contributed by atoms with E-state index in [1.165, 1.54) is 6.42 Å². The summed E-state index contributed by atoms with van der Waals surface area (Å²) >= 11 is 1.88. The summed E-state index contributed by atoms with van der Waals surface area (Å²) in [6.07, 6.45) is 3.24. The second kappa shape index (κ2) is 7.17. The van der Waals surface area contributed by atoms with Gasteiger partial charge < -0.3 is 20.5 Å². The molecule has 0 aromatic rings. The van der Waals surface area contributed by atoms with Crippen molar-refractivity contribution < 1.29 is 19.4 Å². The Labute approximate surface area is 123 Å². The number of aliphatic carboxylic acids is 1. The van der Waals surface area contributed by atoms with Crippen LogP contribution in [-0.4, -0.2) is 54.4 Å². The van der Waals surface area contributed by atoms with Gasteiger partial charge in [0.05, 0.1) is 5.41 Å². The highest BCUT2D eigenvalue weighted by Gasteiger charge is 2.40. The predicted octanol–water partition coefficient (Wildman–Crippen LogP) is 1.06. The van der Waals surface area contributed by atoms with Crippen LogP contribution >= 0.6 is 11.8 Å². The third-order valence-corrected chi connectivity index (χ3v) is 5.40. The van der Waals surface area contributed by atoms with Crippen molar-refractivity contribution in [3.8, 4) is 0 Å². The van der Waals surface area contributed by atoms with Crippen LogP contribution in [0.2, 0.25) is 0 Å². The Morgan fingerprint density at radius 3 is 2.65 bits per heavy atom. The van der Waals surface area contributed by atoms with Crippen LogP contribution in [0.25, 0.3) is 0 Å². The van der Waals surface area contributed by atoms with Gasteiger partial charge in [-0.15, -0.1) is 0 Å². The highest BCUT2D eigenvalue weighted by Crippen LogP contribution is 2.30. The summed E-state index contributed by atoms with van der Waals surface area (Å²) < 4.78 is 5.20. The Balaban J connectivity index is 1.74. The molecule has 6 nitrogen and oxygen atoms in total. The topological polar surface area (TPSA) is 87.7 Å². The Bertz CT molecular complexity index is 352. The number of urea groups is 1. The lowest BCUT2D eigenvalue weighted by molar-refractivity contribution is -0.154. The molecule has 0 saturated carbocycles. The van der Waals surface area contributed by atoms with E-state index >= 15 is 0 Å². The fourth-order valence-corrected chi connectivity index (χ4v) is 3.75. The van der Waals surface area contributed by atoms with Crippen molar-refractivity contribution in [3.05, 3.63) is 0 Å². The minimum Gasteiger partial charge on any atom is -0.481 e. The number of amides is 2. The highest BCUT2D eigenvalue weighted by molar-refractivity contribution is 8.00. The smallest absolute Gasteiger partial charge is 0.314 e. The van der Waals surface area contributed by atoms with Crippen molar-refractivity contribution in [1.29, 1.82) is 0 Å². The number of hydrogen-bond acceptors (Lipinski definition) is 4. The number of rotatable bonds is 5. The van der Waals surface area contributed by atoms with Crippen LogP contribution in [0.1, 0.15) is 25.7 Å². The molecule has 0 aromatic carbocycles. The molecule has 0 aromatic heterocycles. The number of thioether (sulfide) groups is 1. The largest absolute Gasteiger partial charge is 0.481 e. The first-order valence-corrected chi connectivity index (χ1v) is 8.12. The first-order chi connectivity index (χ1) is 9.62. The van der Waals surface area contributed by atoms with Crippen molar-refractivity contribution in [2.24, 2.45) is 5.41 Å². The lowest BCUT2D eigenvalue weighted by atomic mass is 9.80. The van der Waals surface area contributed by atoms with Gasteiger partial charge in [0.15, 0.2) is 0 Å². The zero-order valence-electron chi connectivity index (χ0n) is 11.5. The zero-order chi connectivity index (χ0) is 14.4. The molecule has 7 heteroatoms. The monoisotopic (exact) mass is 302 g/mol. The van der Waals surface area contributed by atoms with E-state index in [0.29, 0.717) is 37.9 Å². The molecule has 2 aliphatic heterocycles. The van der Waals surface area contributed by atoms with Crippen molar-refractivity contribution in [2.45, 2.75) is 30.9 Å². The van der Waals surface area contributed by atoms with E-state index in [0.717, 1.165) is 12.2 Å². The van der Waals surface area contributed by atoms with E-state index in [1.54, 1.807) is 0 Å². The van der Waals surface area contributed by atoms with Crippen molar-refractivity contribution in [1.82, 2.24) is 10.6 Å². The zero-order valence-corrected chi connectivity index (χ0v) is 12.3. The van der Waals surface area contributed by atoms with Gasteiger partial charge in [-0.05, 0) is 31.4 Å². The van der Waals surface area contributed by atoms with Gasteiger partial charge in [-0.1, -0.05) is 0 Å². The fourth-order valence-electron chi connectivity index (χ4n) is 2.55. The molecule has 0 bridgehead atoms. The van der Waals surface area contributed by atoms with Gasteiger partial charge in [-0.3, -0.25) is 4.79 Å². The van der Waals surface area contributed by atoms with E-state index in [9.17, 15) is 14.7 Å². The van der Waals surface area contributed by atoms with Gasteiger partial charge in [0.25, 0.3) is 0 Å². The molecule has 3 N–H and O–H groups in total. The molecule has 1 unspecified atom stereocenters. The van der Waals surface area contributed by atoms with Gasteiger partial charge in [0.2, 0.25) is 0 Å². The molecule has 114 valence electrons. The molecular weight excluding hydrogens is 280 g/mol. The van der Waals surface area contributed by atoms with Crippen LogP contribution in [0.5, 0.6) is 0 Å². The standard InChI is InChI=1S/C13H22N2O4S/c16-11(17)13(3-5-19-6-4-13)9-15-12(18)14-8-10-2-1-7-20-10/h10H,1-9H2,(H,16,17)(H2,14,15,18). The van der Waals surface area contributed by atoms with E-state index in [1.807, 2.05) is 11.8 Å². The van der Waals surface area contributed by atoms with Crippen LogP contribution < -0.4 is 10.6 Å². The molecule has 2 heterocycles. The first kappa shape index (κ1) is 15.4. The number of hydrogen-bond donors (Lipinski definition) is 3. The normalized spacial score (nSPS) is 25.1. The molecule has 2 rings (SSSR count). The lowest BCUT2D eigenvalue weighted by Gasteiger charge is -2.33. The molecule has 20 heavy (non-hydrogen) atoms. The van der Waals surface area contributed by atoms with Gasteiger partial charge in [-0.2, -0.15) is 11.8 Å². The maximum Gasteiger partial charge on any atom is 0.314 e. The Hall–Kier alpha value is -0.950. The summed E-state index contributed by atoms with van der Waals surface area (Å²) in [5.74, 6) is 0.309. The fraction of sp³-hybridized carbons (Fsp3) is 0.846. The number of nitrogens with one attached hydrogen (secondary N) is 2. The molecule has 1 atom stereocenters. The number of carboxylic acid groups (broad SMARTS) is 1. The first-order valence-electron chi connectivity index (χ1n) is 7.07. The molecular formula is C13H22N2O4S. The average Bonchev–Trinajstić information content (AvgIpc) is 2.97. The average molecular weight is 302 g/mol. The van der Waals surface area contributed by atoms with E-state index in [2.05, 4.69) is 10.6 Å². The summed E-state index contributed by atoms with van der Waals surface area (Å²) in [5.41, 5.74) is -0.877. The number of carbonyl (C=O) groups excluding carboxylic acids is 1. The van der Waals surface area contributed by atoms with Crippen molar-refractivity contribution in [3.63, 3.8) is 0 Å². The Morgan fingerprint density at radius 1 is 1.30 bits per heavy atom. The Kier molecular flexibility index (Phi) is 5.54. The minimum atomic E-state index is -0.877. The van der Waals surface area contributed by atoms with Gasteiger partial charge >= 0.3 is 12.0 Å². The van der Waals surface area contributed by atoms with Crippen LogP contribution in [0.4, 0.5) is 4.79 Å². The SMILES string of the molecule is O=C(NCC1CCCS1)NCC1(C(=O)O)CCOCC1. The predicted molar refractivity (Wildman–Crippen MR) is 77.0 cm³/mol. The lowest BCUT2D eigenvalue weighted by Crippen LogP contribution is -2.49. The summed E-state index contributed by atoms with van der Waals surface area (Å²) in [4.78, 5) is 23.2. The number of ether oxygens (including phenoxy) is 1. The maximum absolute atomic E-state index is 11.8. The quantitative estimate of drug-likeness (QED) is 0.707. The molecule has 2 amide bonds. The summed E-state index contributed by atoms with van der Waals surface area (Å²) in [5, 5.41) is 15.4. The van der Waals surface area contributed by atoms with E-state index in [-0.39, 0.29) is 12.6 Å². The molecule has 0 aliphatic carbocycles. The maximum atomic E-state index is 11.8. The summed E-state index contributed by atoms with van der Waals surface area (Å²) in [7, 11) is 0. The van der Waals surface area contributed by atoms with Crippen LogP contribution in [0.15, 0.2) is 0 Å². The third-order valence-electron chi connectivity index (χ3n) is 4.01. The van der Waals surface area contributed by atoms with Crippen LogP contribution in [-0.2, 0) is 9.53 Å². The van der Waals surface area contributed by atoms with Gasteiger partial charge in [0, 0.05) is 31.6 Å². The highest BCUT2D eigenvalue weighted by atomic mass is 32.2.